The maximum atomic E-state index is 11.0. The molecule has 1 unspecified atom stereocenters. The summed E-state index contributed by atoms with van der Waals surface area (Å²) in [6, 6.07) is 1.27. The lowest BCUT2D eigenvalue weighted by atomic mass is 10.1. The summed E-state index contributed by atoms with van der Waals surface area (Å²) in [5.41, 5.74) is 0.877. The van der Waals surface area contributed by atoms with Crippen molar-refractivity contribution in [3.8, 4) is 11.5 Å². The minimum atomic E-state index is -0.878. The fraction of sp³-hybridized carbons (Fsp3) is 0.417. The number of carbonyl (C=O) groups is 1. The summed E-state index contributed by atoms with van der Waals surface area (Å²) in [5.74, 6) is 0.0138. The number of rotatable bonds is 6. The molecule has 0 aliphatic carbocycles. The van der Waals surface area contributed by atoms with Crippen LogP contribution in [0.1, 0.15) is 19.7 Å². The number of nitrogens with zero attached hydrogens (tertiary/aromatic N) is 2. The lowest BCUT2D eigenvalue weighted by Gasteiger charge is -2.16. The Balaban J connectivity index is 1.99. The van der Waals surface area contributed by atoms with Crippen LogP contribution >= 0.6 is 11.3 Å². The van der Waals surface area contributed by atoms with Gasteiger partial charge in [0.2, 0.25) is 0 Å². The molecule has 0 aliphatic rings. The van der Waals surface area contributed by atoms with Crippen molar-refractivity contribution in [3.05, 3.63) is 22.7 Å². The molecule has 102 valence electrons. The van der Waals surface area contributed by atoms with Gasteiger partial charge in [-0.3, -0.25) is 10.1 Å². The highest BCUT2D eigenvalue weighted by Gasteiger charge is 2.21. The number of hydrogen-bond donors (Lipinski definition) is 2. The average molecular weight is 281 g/mol. The molecule has 6 nitrogen and oxygen atoms in total. The van der Waals surface area contributed by atoms with Gasteiger partial charge in [0.25, 0.3) is 5.89 Å². The van der Waals surface area contributed by atoms with Crippen LogP contribution < -0.4 is 5.32 Å². The molecule has 2 aromatic heterocycles. The second-order valence-corrected chi connectivity index (χ2v) is 5.25. The van der Waals surface area contributed by atoms with Gasteiger partial charge in [-0.25, -0.2) is 0 Å². The zero-order chi connectivity index (χ0) is 13.8. The van der Waals surface area contributed by atoms with Crippen molar-refractivity contribution in [2.75, 3.05) is 0 Å². The van der Waals surface area contributed by atoms with E-state index in [1.54, 1.807) is 11.3 Å². The first-order valence-electron chi connectivity index (χ1n) is 5.89. The van der Waals surface area contributed by atoms with Crippen LogP contribution in [0.2, 0.25) is 0 Å². The first-order valence-corrected chi connectivity index (χ1v) is 6.83. The molecule has 0 aromatic carbocycles. The third-order valence-corrected chi connectivity index (χ3v) is 3.33. The molecule has 0 spiro atoms. The zero-order valence-electron chi connectivity index (χ0n) is 10.7. The molecule has 0 radical (unpaired) electrons. The van der Waals surface area contributed by atoms with E-state index in [0.29, 0.717) is 11.7 Å². The normalized spacial score (nSPS) is 12.8. The quantitative estimate of drug-likeness (QED) is 0.842. The van der Waals surface area contributed by atoms with E-state index in [0.717, 1.165) is 5.56 Å². The van der Waals surface area contributed by atoms with Gasteiger partial charge in [-0.2, -0.15) is 16.3 Å². The minimum Gasteiger partial charge on any atom is -0.480 e. The van der Waals surface area contributed by atoms with Gasteiger partial charge in [0.1, 0.15) is 6.04 Å². The van der Waals surface area contributed by atoms with Crippen LogP contribution in [0.25, 0.3) is 11.5 Å². The minimum absolute atomic E-state index is 0.0132. The molecule has 2 heterocycles. The number of carboxylic acids is 1. The molecule has 1 atom stereocenters. The molecule has 0 aliphatic heterocycles. The van der Waals surface area contributed by atoms with Crippen molar-refractivity contribution >= 4 is 17.3 Å². The van der Waals surface area contributed by atoms with Crippen LogP contribution in [0.3, 0.4) is 0 Å². The highest BCUT2D eigenvalue weighted by molar-refractivity contribution is 7.08. The Morgan fingerprint density at radius 3 is 2.95 bits per heavy atom. The van der Waals surface area contributed by atoms with E-state index in [9.17, 15) is 4.79 Å². The van der Waals surface area contributed by atoms with E-state index >= 15 is 0 Å². The Hall–Kier alpha value is -1.73. The van der Waals surface area contributed by atoms with Gasteiger partial charge in [-0.15, -0.1) is 0 Å². The van der Waals surface area contributed by atoms with Crippen LogP contribution in [0.5, 0.6) is 0 Å². The summed E-state index contributed by atoms with van der Waals surface area (Å²) in [4.78, 5) is 15.2. The van der Waals surface area contributed by atoms with Gasteiger partial charge in [0, 0.05) is 5.38 Å². The molecule has 2 aromatic rings. The third kappa shape index (κ3) is 3.39. The standard InChI is InChI=1S/C12H15N3O3S/c1-7(2)10(12(16)17)13-5-9-14-11(18-15-9)8-3-4-19-6-8/h3-4,6-7,10,13H,5H2,1-2H3,(H,16,17). The fourth-order valence-corrected chi connectivity index (χ4v) is 2.27. The Labute approximate surface area is 114 Å². The second-order valence-electron chi connectivity index (χ2n) is 4.47. The van der Waals surface area contributed by atoms with Crippen LogP contribution in [0, 0.1) is 5.92 Å². The van der Waals surface area contributed by atoms with Gasteiger partial charge < -0.3 is 9.63 Å². The summed E-state index contributed by atoms with van der Waals surface area (Å²) in [6.07, 6.45) is 0. The van der Waals surface area contributed by atoms with Gasteiger partial charge in [-0.05, 0) is 17.4 Å². The topological polar surface area (TPSA) is 88.3 Å². The summed E-state index contributed by atoms with van der Waals surface area (Å²) >= 11 is 1.55. The summed E-state index contributed by atoms with van der Waals surface area (Å²) in [5, 5.41) is 19.6. The third-order valence-electron chi connectivity index (χ3n) is 2.65. The zero-order valence-corrected chi connectivity index (χ0v) is 11.5. The maximum Gasteiger partial charge on any atom is 0.320 e. The number of thiophene rings is 1. The Morgan fingerprint density at radius 1 is 1.58 bits per heavy atom. The molecule has 0 amide bonds. The van der Waals surface area contributed by atoms with Crippen molar-refractivity contribution in [2.24, 2.45) is 5.92 Å². The molecular formula is C12H15N3O3S. The Bertz CT molecular complexity index is 536. The molecule has 0 saturated heterocycles. The molecule has 19 heavy (non-hydrogen) atoms. The van der Waals surface area contributed by atoms with Gasteiger partial charge in [0.05, 0.1) is 12.1 Å². The largest absolute Gasteiger partial charge is 0.480 e. The predicted molar refractivity (Wildman–Crippen MR) is 70.7 cm³/mol. The summed E-state index contributed by atoms with van der Waals surface area (Å²) in [7, 11) is 0. The highest BCUT2D eigenvalue weighted by Crippen LogP contribution is 2.19. The molecule has 7 heteroatoms. The van der Waals surface area contributed by atoms with Crippen molar-refractivity contribution in [1.29, 1.82) is 0 Å². The number of hydrogen-bond acceptors (Lipinski definition) is 6. The van der Waals surface area contributed by atoms with E-state index in [1.165, 1.54) is 0 Å². The van der Waals surface area contributed by atoms with E-state index in [2.05, 4.69) is 15.5 Å². The maximum absolute atomic E-state index is 11.0. The molecule has 0 fully saturated rings. The Kier molecular flexibility index (Phi) is 4.28. The highest BCUT2D eigenvalue weighted by atomic mass is 32.1. The van der Waals surface area contributed by atoms with Crippen LogP contribution in [0.15, 0.2) is 21.3 Å². The number of nitrogens with one attached hydrogen (secondary N) is 1. The number of aromatic nitrogens is 2. The first-order chi connectivity index (χ1) is 9.08. The van der Waals surface area contributed by atoms with Gasteiger partial charge in [-0.1, -0.05) is 19.0 Å². The van der Waals surface area contributed by atoms with Crippen molar-refractivity contribution in [3.63, 3.8) is 0 Å². The van der Waals surface area contributed by atoms with E-state index in [1.807, 2.05) is 30.7 Å². The lowest BCUT2D eigenvalue weighted by Crippen LogP contribution is -2.40. The number of carboxylic acid groups (broad SMARTS) is 1. The van der Waals surface area contributed by atoms with E-state index < -0.39 is 12.0 Å². The van der Waals surface area contributed by atoms with E-state index in [-0.39, 0.29) is 12.5 Å². The summed E-state index contributed by atoms with van der Waals surface area (Å²) in [6.45, 7) is 3.96. The molecule has 2 N–H and O–H groups in total. The van der Waals surface area contributed by atoms with Crippen LogP contribution in [-0.4, -0.2) is 27.3 Å². The van der Waals surface area contributed by atoms with Crippen LogP contribution in [0.4, 0.5) is 0 Å². The predicted octanol–water partition coefficient (Wildman–Crippen LogP) is 2.00. The lowest BCUT2D eigenvalue weighted by molar-refractivity contribution is -0.140. The molecule has 0 saturated carbocycles. The van der Waals surface area contributed by atoms with Crippen molar-refractivity contribution in [1.82, 2.24) is 15.5 Å². The SMILES string of the molecule is CC(C)C(NCc1noc(-c2ccsc2)n1)C(=O)O. The molecule has 2 rings (SSSR count). The van der Waals surface area contributed by atoms with Gasteiger partial charge >= 0.3 is 5.97 Å². The molecular weight excluding hydrogens is 266 g/mol. The summed E-state index contributed by atoms with van der Waals surface area (Å²) < 4.78 is 5.12. The average Bonchev–Trinajstić information content (AvgIpc) is 2.98. The first kappa shape index (κ1) is 13.7. The van der Waals surface area contributed by atoms with Crippen molar-refractivity contribution < 1.29 is 14.4 Å². The molecule has 0 bridgehead atoms. The fourth-order valence-electron chi connectivity index (χ4n) is 1.64. The number of aliphatic carboxylic acids is 1. The van der Waals surface area contributed by atoms with Crippen LogP contribution in [-0.2, 0) is 11.3 Å². The smallest absolute Gasteiger partial charge is 0.320 e. The van der Waals surface area contributed by atoms with Gasteiger partial charge in [0.15, 0.2) is 5.82 Å². The Morgan fingerprint density at radius 2 is 2.37 bits per heavy atom. The monoisotopic (exact) mass is 281 g/mol. The van der Waals surface area contributed by atoms with Crippen molar-refractivity contribution in [2.45, 2.75) is 26.4 Å². The van der Waals surface area contributed by atoms with E-state index in [4.69, 9.17) is 9.63 Å². The second kappa shape index (κ2) is 5.94.